The minimum atomic E-state index is 0.879. The van der Waals surface area contributed by atoms with Gasteiger partial charge in [0.05, 0.1) is 43.7 Å². The van der Waals surface area contributed by atoms with Crippen LogP contribution in [-0.4, -0.2) is 54.0 Å². The van der Waals surface area contributed by atoms with E-state index in [4.69, 9.17) is 15.6 Å². The smallest absolute Gasteiger partial charge is 0.102 e. The molecular formula is C18H27N4O+. The fraction of sp³-hybridized carbons (Fsp3) is 0.611. The zero-order chi connectivity index (χ0) is 15.9. The van der Waals surface area contributed by atoms with E-state index in [0.717, 1.165) is 66.9 Å². The van der Waals surface area contributed by atoms with Crippen molar-refractivity contribution in [2.45, 2.75) is 32.1 Å². The molecular weight excluding hydrogens is 288 g/mol. The third kappa shape index (κ3) is 2.72. The van der Waals surface area contributed by atoms with Crippen LogP contribution in [0.4, 0.5) is 5.69 Å². The molecule has 1 fully saturated rings. The average molecular weight is 315 g/mol. The van der Waals surface area contributed by atoms with Crippen LogP contribution >= 0.6 is 0 Å². The number of aromatic nitrogens is 2. The fourth-order valence-electron chi connectivity index (χ4n) is 4.03. The lowest BCUT2D eigenvalue weighted by Crippen LogP contribution is -2.52. The monoisotopic (exact) mass is 315 g/mol. The Hall–Kier alpha value is -1.59. The van der Waals surface area contributed by atoms with E-state index in [2.05, 4.69) is 23.7 Å². The Balaban J connectivity index is 1.50. The number of fused-ring (bicyclic) bond motifs is 3. The van der Waals surface area contributed by atoms with Crippen molar-refractivity contribution >= 4 is 11.2 Å². The number of morpholine rings is 1. The third-order valence-corrected chi connectivity index (χ3v) is 5.63. The van der Waals surface area contributed by atoms with Gasteiger partial charge < -0.3 is 15.0 Å². The van der Waals surface area contributed by atoms with Crippen molar-refractivity contribution in [1.29, 1.82) is 0 Å². The van der Waals surface area contributed by atoms with Crippen LogP contribution in [0.1, 0.15) is 29.8 Å². The van der Waals surface area contributed by atoms with Crippen LogP contribution < -0.4 is 5.73 Å². The average Bonchev–Trinajstić information content (AvgIpc) is 3.13. The number of ether oxygens (including phenoxy) is 1. The molecule has 3 heterocycles. The molecule has 5 nitrogen and oxygen atoms in total. The Morgan fingerprint density at radius 2 is 2.09 bits per heavy atom. The number of hydrogen-bond acceptors (Lipinski definition) is 3. The lowest BCUT2D eigenvalue weighted by Gasteiger charge is -2.37. The summed E-state index contributed by atoms with van der Waals surface area (Å²) in [5.41, 5.74) is 12.2. The van der Waals surface area contributed by atoms with Gasteiger partial charge in [-0.15, -0.1) is 0 Å². The predicted molar refractivity (Wildman–Crippen MR) is 91.6 cm³/mol. The van der Waals surface area contributed by atoms with Crippen LogP contribution in [-0.2, 0) is 24.0 Å². The quantitative estimate of drug-likeness (QED) is 0.876. The summed E-state index contributed by atoms with van der Waals surface area (Å²) >= 11 is 0. The standard InChI is InChI=1S/C18H27N4O/c1-22(10-12-23-13-11-22)9-3-5-15-18(19)17-8-7-14-4-2-6-16(14)21(17)20-15/h7-8H,2-6,9-13,19H2,1H3/q+1. The van der Waals surface area contributed by atoms with Crippen molar-refractivity contribution in [1.82, 2.24) is 9.61 Å². The summed E-state index contributed by atoms with van der Waals surface area (Å²) < 4.78 is 8.70. The number of hydrogen-bond donors (Lipinski definition) is 1. The first-order valence-corrected chi connectivity index (χ1v) is 8.85. The van der Waals surface area contributed by atoms with Gasteiger partial charge >= 0.3 is 0 Å². The Bertz CT molecular complexity index is 715. The Morgan fingerprint density at radius 3 is 2.91 bits per heavy atom. The van der Waals surface area contributed by atoms with Crippen LogP contribution in [0.5, 0.6) is 0 Å². The van der Waals surface area contributed by atoms with E-state index in [9.17, 15) is 0 Å². The van der Waals surface area contributed by atoms with Crippen LogP contribution in [0.15, 0.2) is 12.1 Å². The highest BCUT2D eigenvalue weighted by atomic mass is 16.5. The molecule has 0 unspecified atom stereocenters. The molecule has 2 aliphatic rings. The molecule has 0 radical (unpaired) electrons. The lowest BCUT2D eigenvalue weighted by atomic mass is 10.1. The van der Waals surface area contributed by atoms with Crippen molar-refractivity contribution in [2.24, 2.45) is 0 Å². The number of pyridine rings is 1. The number of aryl methyl sites for hydroxylation is 3. The van der Waals surface area contributed by atoms with Gasteiger partial charge in [0.15, 0.2) is 0 Å². The summed E-state index contributed by atoms with van der Waals surface area (Å²) in [6, 6.07) is 4.38. The van der Waals surface area contributed by atoms with Gasteiger partial charge in [0, 0.05) is 12.1 Å². The number of nitrogens with zero attached hydrogens (tertiary/aromatic N) is 3. The number of nitrogens with two attached hydrogens (primary N) is 1. The van der Waals surface area contributed by atoms with Crippen LogP contribution in [0, 0.1) is 0 Å². The van der Waals surface area contributed by atoms with Gasteiger partial charge in [-0.1, -0.05) is 6.07 Å². The molecule has 0 amide bonds. The van der Waals surface area contributed by atoms with Crippen molar-refractivity contribution < 1.29 is 9.22 Å². The highest BCUT2D eigenvalue weighted by Gasteiger charge is 2.25. The molecule has 124 valence electrons. The van der Waals surface area contributed by atoms with Gasteiger partial charge in [-0.3, -0.25) is 0 Å². The second-order valence-electron chi connectivity index (χ2n) is 7.32. The SMILES string of the molecule is C[N+]1(CCCc2nn3c4c(ccc3c2N)CCC4)CCOCC1. The molecule has 0 atom stereocenters. The fourth-order valence-corrected chi connectivity index (χ4v) is 4.03. The molecule has 2 aromatic rings. The molecule has 2 N–H and O–H groups in total. The molecule has 23 heavy (non-hydrogen) atoms. The molecule has 4 rings (SSSR count). The van der Waals surface area contributed by atoms with Gasteiger partial charge in [-0.2, -0.15) is 5.10 Å². The molecule has 1 saturated heterocycles. The van der Waals surface area contributed by atoms with Gasteiger partial charge in [-0.25, -0.2) is 4.52 Å². The largest absolute Gasteiger partial charge is 0.395 e. The van der Waals surface area contributed by atoms with E-state index >= 15 is 0 Å². The summed E-state index contributed by atoms with van der Waals surface area (Å²) in [7, 11) is 2.34. The number of nitrogen functional groups attached to an aromatic ring is 1. The van der Waals surface area contributed by atoms with E-state index in [0.29, 0.717) is 0 Å². The normalized spacial score (nSPS) is 20.0. The zero-order valence-corrected chi connectivity index (χ0v) is 14.1. The summed E-state index contributed by atoms with van der Waals surface area (Å²) in [5, 5.41) is 4.85. The van der Waals surface area contributed by atoms with E-state index in [1.807, 2.05) is 0 Å². The first-order valence-electron chi connectivity index (χ1n) is 8.85. The topological polar surface area (TPSA) is 52.5 Å². The van der Waals surface area contributed by atoms with Gasteiger partial charge in [0.25, 0.3) is 0 Å². The predicted octanol–water partition coefficient (Wildman–Crippen LogP) is 1.81. The second-order valence-corrected chi connectivity index (χ2v) is 7.32. The minimum absolute atomic E-state index is 0.879. The van der Waals surface area contributed by atoms with Crippen molar-refractivity contribution in [2.75, 3.05) is 45.6 Å². The summed E-state index contributed by atoms with van der Waals surface area (Å²) in [5.74, 6) is 0. The summed E-state index contributed by atoms with van der Waals surface area (Å²) in [6.45, 7) is 5.19. The third-order valence-electron chi connectivity index (χ3n) is 5.63. The molecule has 2 aromatic heterocycles. The maximum atomic E-state index is 6.38. The Kier molecular flexibility index (Phi) is 3.77. The zero-order valence-electron chi connectivity index (χ0n) is 14.1. The highest BCUT2D eigenvalue weighted by Crippen LogP contribution is 2.28. The number of anilines is 1. The molecule has 1 aliphatic heterocycles. The Labute approximate surface area is 137 Å². The molecule has 5 heteroatoms. The molecule has 0 spiro atoms. The summed E-state index contributed by atoms with van der Waals surface area (Å²) in [4.78, 5) is 0. The van der Waals surface area contributed by atoms with Gasteiger partial charge in [0.1, 0.15) is 13.1 Å². The molecule has 1 aliphatic carbocycles. The molecule has 0 saturated carbocycles. The van der Waals surface area contributed by atoms with Crippen molar-refractivity contribution in [3.05, 3.63) is 29.1 Å². The van der Waals surface area contributed by atoms with E-state index < -0.39 is 0 Å². The first-order chi connectivity index (χ1) is 11.2. The second kappa shape index (κ2) is 5.80. The molecule has 0 aromatic carbocycles. The minimum Gasteiger partial charge on any atom is -0.395 e. The van der Waals surface area contributed by atoms with Crippen molar-refractivity contribution in [3.63, 3.8) is 0 Å². The van der Waals surface area contributed by atoms with E-state index in [-0.39, 0.29) is 0 Å². The van der Waals surface area contributed by atoms with Crippen LogP contribution in [0.3, 0.4) is 0 Å². The maximum Gasteiger partial charge on any atom is 0.102 e. The highest BCUT2D eigenvalue weighted by molar-refractivity contribution is 5.73. The number of likely N-dealkylation sites (N-methyl/N-ethyl adjacent to an activating group) is 1. The summed E-state index contributed by atoms with van der Waals surface area (Å²) in [6.07, 6.45) is 5.64. The first kappa shape index (κ1) is 15.0. The molecule has 0 bridgehead atoms. The van der Waals surface area contributed by atoms with Gasteiger partial charge in [-0.05, 0) is 37.3 Å². The van der Waals surface area contributed by atoms with E-state index in [1.54, 1.807) is 0 Å². The number of rotatable bonds is 4. The lowest BCUT2D eigenvalue weighted by molar-refractivity contribution is -0.917. The van der Waals surface area contributed by atoms with Crippen LogP contribution in [0.25, 0.3) is 5.52 Å². The van der Waals surface area contributed by atoms with Gasteiger partial charge in [0.2, 0.25) is 0 Å². The number of quaternary nitrogens is 1. The van der Waals surface area contributed by atoms with E-state index in [1.165, 1.54) is 30.6 Å². The van der Waals surface area contributed by atoms with Crippen molar-refractivity contribution in [3.8, 4) is 0 Å². The van der Waals surface area contributed by atoms with Crippen LogP contribution in [0.2, 0.25) is 0 Å². The Morgan fingerprint density at radius 1 is 1.26 bits per heavy atom. The maximum absolute atomic E-state index is 6.38.